The molecule has 8 nitrogen and oxygen atoms in total. The lowest BCUT2D eigenvalue weighted by Crippen LogP contribution is -2.51. The van der Waals surface area contributed by atoms with E-state index in [2.05, 4.69) is 4.90 Å². The number of hydrogen-bond donors (Lipinski definition) is 0. The number of rotatable bonds is 4. The van der Waals surface area contributed by atoms with Gasteiger partial charge < -0.3 is 4.74 Å². The Morgan fingerprint density at radius 2 is 1.13 bits per heavy atom. The lowest BCUT2D eigenvalue weighted by Gasteiger charge is -2.37. The van der Waals surface area contributed by atoms with Crippen molar-refractivity contribution < 1.29 is 19.1 Å². The van der Waals surface area contributed by atoms with Gasteiger partial charge in [-0.2, -0.15) is 5.01 Å². The van der Waals surface area contributed by atoms with Crippen molar-refractivity contribution in [3.05, 3.63) is 102 Å². The molecule has 0 aliphatic carbocycles. The first-order chi connectivity index (χ1) is 18.7. The number of benzene rings is 3. The van der Waals surface area contributed by atoms with Gasteiger partial charge in [0.25, 0.3) is 11.8 Å². The number of nitrogens with zero attached hydrogens (tertiary/aromatic N) is 4. The van der Waals surface area contributed by atoms with Crippen LogP contribution in [0.1, 0.15) is 23.2 Å². The van der Waals surface area contributed by atoms with E-state index in [1.807, 2.05) is 83.9 Å². The molecular weight excluding hydrogens is 480 g/mol. The molecule has 0 radical (unpaired) electrons. The van der Waals surface area contributed by atoms with Crippen molar-refractivity contribution in [2.75, 3.05) is 31.2 Å². The zero-order chi connectivity index (χ0) is 25.8. The third kappa shape index (κ3) is 3.37. The first kappa shape index (κ1) is 23.3. The maximum Gasteiger partial charge on any atom is 0.259 e. The van der Waals surface area contributed by atoms with E-state index in [9.17, 15) is 14.4 Å². The SMILES string of the molecule is O=C1[C@H]2[C@@H](c3ccccc3)N3[C@@H](c4ccccc4)[C@H](N4CCOCC4)C(=O)N3[C@H]2C(=O)N1c1ccccc1. The highest BCUT2D eigenvalue weighted by Crippen LogP contribution is 2.55. The second kappa shape index (κ2) is 9.16. The van der Waals surface area contributed by atoms with Crippen LogP contribution in [0, 0.1) is 5.92 Å². The fourth-order valence-electron chi connectivity index (χ4n) is 6.70. The van der Waals surface area contributed by atoms with Crippen molar-refractivity contribution in [2.45, 2.75) is 24.2 Å². The van der Waals surface area contributed by atoms with Crippen LogP contribution in [0.3, 0.4) is 0 Å². The van der Waals surface area contributed by atoms with Crippen molar-refractivity contribution in [1.29, 1.82) is 0 Å². The molecule has 38 heavy (non-hydrogen) atoms. The number of morpholine rings is 1. The van der Waals surface area contributed by atoms with Gasteiger partial charge in [0, 0.05) is 13.1 Å². The molecule has 5 atom stereocenters. The Balaban J connectivity index is 1.40. The van der Waals surface area contributed by atoms with Crippen molar-refractivity contribution in [3.8, 4) is 0 Å². The minimum atomic E-state index is -0.891. The number of hydrazine groups is 1. The second-order valence-electron chi connectivity index (χ2n) is 10.2. The van der Waals surface area contributed by atoms with Crippen LogP contribution in [0.15, 0.2) is 91.0 Å². The van der Waals surface area contributed by atoms with Crippen molar-refractivity contribution in [3.63, 3.8) is 0 Å². The topological polar surface area (TPSA) is 73.4 Å². The van der Waals surface area contributed by atoms with Gasteiger partial charge in [-0.1, -0.05) is 78.9 Å². The predicted molar refractivity (Wildman–Crippen MR) is 139 cm³/mol. The van der Waals surface area contributed by atoms with E-state index < -0.39 is 24.0 Å². The first-order valence-corrected chi connectivity index (χ1v) is 13.1. The van der Waals surface area contributed by atoms with Crippen molar-refractivity contribution in [2.24, 2.45) is 5.92 Å². The molecule has 0 aromatic heterocycles. The molecule has 3 amide bonds. The molecule has 4 saturated heterocycles. The summed E-state index contributed by atoms with van der Waals surface area (Å²) in [5.74, 6) is -1.45. The van der Waals surface area contributed by atoms with Crippen LogP contribution < -0.4 is 4.90 Å². The van der Waals surface area contributed by atoms with Crippen LogP contribution in [-0.2, 0) is 19.1 Å². The lowest BCUT2D eigenvalue weighted by atomic mass is 9.87. The summed E-state index contributed by atoms with van der Waals surface area (Å²) in [6.45, 7) is 2.38. The van der Waals surface area contributed by atoms with E-state index in [1.165, 1.54) is 4.90 Å². The minimum Gasteiger partial charge on any atom is -0.379 e. The number of para-hydroxylation sites is 1. The largest absolute Gasteiger partial charge is 0.379 e. The van der Waals surface area contributed by atoms with Crippen LogP contribution in [0.2, 0.25) is 0 Å². The third-order valence-corrected chi connectivity index (χ3v) is 8.26. The summed E-state index contributed by atoms with van der Waals surface area (Å²) in [7, 11) is 0. The Bertz CT molecular complexity index is 1360. The maximum atomic E-state index is 14.4. The van der Waals surface area contributed by atoms with Gasteiger partial charge in [-0.15, -0.1) is 0 Å². The monoisotopic (exact) mass is 508 g/mol. The predicted octanol–water partition coefficient (Wildman–Crippen LogP) is 2.80. The van der Waals surface area contributed by atoms with Crippen LogP contribution >= 0.6 is 0 Å². The van der Waals surface area contributed by atoms with Gasteiger partial charge in [-0.25, -0.2) is 4.90 Å². The molecule has 192 valence electrons. The van der Waals surface area contributed by atoms with Gasteiger partial charge in [-0.05, 0) is 23.3 Å². The van der Waals surface area contributed by atoms with E-state index in [1.54, 1.807) is 17.1 Å². The molecule has 7 rings (SSSR count). The Morgan fingerprint density at radius 3 is 1.74 bits per heavy atom. The molecule has 3 aromatic rings. The van der Waals surface area contributed by atoms with Gasteiger partial charge in [0.15, 0.2) is 0 Å². The first-order valence-electron chi connectivity index (χ1n) is 13.1. The Hall–Kier alpha value is -3.85. The van der Waals surface area contributed by atoms with E-state index in [4.69, 9.17) is 4.74 Å². The maximum absolute atomic E-state index is 14.4. The van der Waals surface area contributed by atoms with Gasteiger partial charge in [0.2, 0.25) is 5.91 Å². The molecule has 0 N–H and O–H groups in total. The summed E-state index contributed by atoms with van der Waals surface area (Å²) < 4.78 is 5.60. The second-order valence-corrected chi connectivity index (χ2v) is 10.2. The number of fused-ring (bicyclic) bond motifs is 3. The highest BCUT2D eigenvalue weighted by Gasteiger charge is 2.69. The molecule has 4 aliphatic heterocycles. The summed E-state index contributed by atoms with van der Waals surface area (Å²) >= 11 is 0. The fraction of sp³-hybridized carbons (Fsp3) is 0.300. The molecular formula is C30H28N4O4. The zero-order valence-corrected chi connectivity index (χ0v) is 20.8. The average molecular weight is 509 g/mol. The van der Waals surface area contributed by atoms with Crippen molar-refractivity contribution in [1.82, 2.24) is 14.9 Å². The van der Waals surface area contributed by atoms with Crippen LogP contribution in [0.25, 0.3) is 0 Å². The zero-order valence-electron chi connectivity index (χ0n) is 20.8. The quantitative estimate of drug-likeness (QED) is 0.505. The Morgan fingerprint density at radius 1 is 0.579 bits per heavy atom. The van der Waals surface area contributed by atoms with E-state index >= 15 is 0 Å². The standard InChI is InChI=1S/C30H28N4O4/c35-28-23-24(20-10-4-1-5-11-20)33-25(21-12-6-2-7-13-21)27(31-16-18-38-19-17-31)30(37)34(33)26(23)29(36)32(28)22-14-8-3-9-15-22/h1-15,23-27H,16-19H2/t23-,24+,25-,26+,27-/m0/s1. The van der Waals surface area contributed by atoms with E-state index in [-0.39, 0.29) is 23.8 Å². The molecule has 0 unspecified atom stereocenters. The average Bonchev–Trinajstić information content (AvgIpc) is 3.56. The number of anilines is 1. The smallest absolute Gasteiger partial charge is 0.259 e. The summed E-state index contributed by atoms with van der Waals surface area (Å²) in [6, 6.07) is 26.6. The van der Waals surface area contributed by atoms with Gasteiger partial charge in [0.1, 0.15) is 12.1 Å². The summed E-state index contributed by atoms with van der Waals surface area (Å²) in [6.07, 6.45) is 0. The van der Waals surface area contributed by atoms with E-state index in [0.29, 0.717) is 32.0 Å². The number of hydrogen-bond acceptors (Lipinski definition) is 6. The highest BCUT2D eigenvalue weighted by atomic mass is 16.5. The third-order valence-electron chi connectivity index (χ3n) is 8.26. The number of ether oxygens (including phenoxy) is 1. The number of carbonyl (C=O) groups is 3. The summed E-state index contributed by atoms with van der Waals surface area (Å²) in [5, 5.41) is 3.67. The molecule has 3 aromatic carbocycles. The Kier molecular flexibility index (Phi) is 5.61. The molecule has 4 heterocycles. The normalized spacial score (nSPS) is 29.7. The van der Waals surface area contributed by atoms with Crippen LogP contribution in [-0.4, -0.2) is 71.0 Å². The summed E-state index contributed by atoms with van der Waals surface area (Å²) in [4.78, 5) is 46.0. The van der Waals surface area contributed by atoms with Crippen LogP contribution in [0.4, 0.5) is 5.69 Å². The molecule has 0 spiro atoms. The molecule has 4 aliphatic rings. The molecule has 4 fully saturated rings. The summed E-state index contributed by atoms with van der Waals surface area (Å²) in [5.41, 5.74) is 2.43. The minimum absolute atomic E-state index is 0.134. The van der Waals surface area contributed by atoms with Gasteiger partial charge in [-0.3, -0.25) is 24.3 Å². The molecule has 0 saturated carbocycles. The Labute approximate surface area is 221 Å². The fourth-order valence-corrected chi connectivity index (χ4v) is 6.70. The lowest BCUT2D eigenvalue weighted by molar-refractivity contribution is -0.146. The molecule has 0 bridgehead atoms. The van der Waals surface area contributed by atoms with Gasteiger partial charge >= 0.3 is 0 Å². The number of imide groups is 1. The van der Waals surface area contributed by atoms with E-state index in [0.717, 1.165) is 11.1 Å². The number of amides is 3. The highest BCUT2D eigenvalue weighted by molar-refractivity contribution is 6.25. The van der Waals surface area contributed by atoms with Crippen LogP contribution in [0.5, 0.6) is 0 Å². The number of carbonyl (C=O) groups excluding carboxylic acids is 3. The molecule has 8 heteroatoms. The van der Waals surface area contributed by atoms with Crippen molar-refractivity contribution >= 4 is 23.4 Å². The van der Waals surface area contributed by atoms with Gasteiger partial charge in [0.05, 0.1) is 36.9 Å².